The van der Waals surface area contributed by atoms with Crippen molar-refractivity contribution in [3.05, 3.63) is 12.2 Å². The minimum absolute atomic E-state index is 0.173. The quantitative estimate of drug-likeness (QED) is 0.609. The molecule has 0 aromatic carbocycles. The summed E-state index contributed by atoms with van der Waals surface area (Å²) in [5.74, 6) is 0.153. The molecule has 2 nitrogen and oxygen atoms in total. The Bertz CT molecular complexity index is 106. The minimum Gasteiger partial charge on any atom is -0.481 e. The summed E-state index contributed by atoms with van der Waals surface area (Å²) in [7, 11) is 0. The molecule has 52 valence electrons. The number of aliphatic carboxylic acids is 1. The topological polar surface area (TPSA) is 37.3 Å². The number of hydrogen-bond acceptors (Lipinski definition) is 2. The van der Waals surface area contributed by atoms with Crippen molar-refractivity contribution in [2.75, 3.05) is 11.5 Å². The molecule has 0 rings (SSSR count). The van der Waals surface area contributed by atoms with Gasteiger partial charge in [0.1, 0.15) is 0 Å². The molecule has 0 aliphatic heterocycles. The van der Waals surface area contributed by atoms with Gasteiger partial charge in [0.2, 0.25) is 0 Å². The van der Waals surface area contributed by atoms with E-state index in [9.17, 15) is 4.79 Å². The van der Waals surface area contributed by atoms with Crippen molar-refractivity contribution in [2.24, 2.45) is 0 Å². The van der Waals surface area contributed by atoms with Gasteiger partial charge in [-0.05, 0) is 6.92 Å². The van der Waals surface area contributed by atoms with Gasteiger partial charge in [-0.15, -0.1) is 11.8 Å². The largest absolute Gasteiger partial charge is 0.481 e. The number of thioether (sulfide) groups is 1. The summed E-state index contributed by atoms with van der Waals surface area (Å²) in [5, 5.41) is 8.18. The average molecular weight is 146 g/mol. The Balaban J connectivity index is 3.10. The van der Waals surface area contributed by atoms with Gasteiger partial charge in [-0.25, -0.2) is 0 Å². The Labute approximate surface area is 59.0 Å². The van der Waals surface area contributed by atoms with Gasteiger partial charge in [0.25, 0.3) is 0 Å². The number of hydrogen-bond donors (Lipinski definition) is 1. The third kappa shape index (κ3) is 7.56. The van der Waals surface area contributed by atoms with Gasteiger partial charge in [0, 0.05) is 5.75 Å². The fourth-order valence-electron chi connectivity index (χ4n) is 0.313. The van der Waals surface area contributed by atoms with Crippen LogP contribution in [0.2, 0.25) is 0 Å². The second-order valence-corrected chi connectivity index (χ2v) is 2.83. The van der Waals surface area contributed by atoms with Crippen molar-refractivity contribution in [1.29, 1.82) is 0 Å². The molecule has 0 radical (unpaired) electrons. The Morgan fingerprint density at radius 2 is 2.22 bits per heavy atom. The molecule has 0 spiro atoms. The normalized spacial score (nSPS) is 9.00. The van der Waals surface area contributed by atoms with Gasteiger partial charge < -0.3 is 5.11 Å². The van der Waals surface area contributed by atoms with Crippen molar-refractivity contribution in [3.63, 3.8) is 0 Å². The predicted octanol–water partition coefficient (Wildman–Crippen LogP) is 1.38. The molecule has 0 aromatic heterocycles. The first-order valence-electron chi connectivity index (χ1n) is 2.57. The highest BCUT2D eigenvalue weighted by Gasteiger charge is 1.94. The molecule has 0 atom stereocenters. The molecule has 0 aromatic rings. The standard InChI is InChI=1S/C6H10O2S/c1-5(2)3-9-4-6(7)8/h1,3-4H2,2H3,(H,7,8). The molecule has 3 heteroatoms. The van der Waals surface area contributed by atoms with E-state index < -0.39 is 5.97 Å². The van der Waals surface area contributed by atoms with Gasteiger partial charge in [-0.1, -0.05) is 12.2 Å². The molecule has 0 bridgehead atoms. The molecule has 0 fully saturated rings. The second kappa shape index (κ2) is 4.44. The zero-order valence-electron chi connectivity index (χ0n) is 5.39. The van der Waals surface area contributed by atoms with Gasteiger partial charge in [-0.2, -0.15) is 0 Å². The van der Waals surface area contributed by atoms with E-state index in [1.165, 1.54) is 11.8 Å². The van der Waals surface area contributed by atoms with E-state index >= 15 is 0 Å². The Morgan fingerprint density at radius 3 is 2.56 bits per heavy atom. The molecule has 0 heterocycles. The highest BCUT2D eigenvalue weighted by molar-refractivity contribution is 8.00. The lowest BCUT2D eigenvalue weighted by Gasteiger charge is -1.94. The molecule has 9 heavy (non-hydrogen) atoms. The van der Waals surface area contributed by atoms with Crippen LogP contribution in [-0.2, 0) is 4.79 Å². The molecule has 0 unspecified atom stereocenters. The SMILES string of the molecule is C=C(C)CSCC(=O)O. The summed E-state index contributed by atoms with van der Waals surface area (Å²) in [6, 6.07) is 0. The molecular weight excluding hydrogens is 136 g/mol. The van der Waals surface area contributed by atoms with E-state index in [0.29, 0.717) is 0 Å². The van der Waals surface area contributed by atoms with E-state index in [4.69, 9.17) is 5.11 Å². The van der Waals surface area contributed by atoms with Crippen LogP contribution in [0.3, 0.4) is 0 Å². The average Bonchev–Trinajstić information content (AvgIpc) is 1.63. The third-order valence-electron chi connectivity index (χ3n) is 0.574. The van der Waals surface area contributed by atoms with Gasteiger partial charge in [-0.3, -0.25) is 4.79 Å². The monoisotopic (exact) mass is 146 g/mol. The van der Waals surface area contributed by atoms with Crippen LogP contribution < -0.4 is 0 Å². The molecular formula is C6H10O2S. The van der Waals surface area contributed by atoms with Crippen molar-refractivity contribution >= 4 is 17.7 Å². The van der Waals surface area contributed by atoms with Gasteiger partial charge >= 0.3 is 5.97 Å². The number of carboxylic acids is 1. The lowest BCUT2D eigenvalue weighted by atomic mass is 10.4. The summed E-state index contributed by atoms with van der Waals surface area (Å²) in [5.41, 5.74) is 1.02. The van der Waals surface area contributed by atoms with Crippen LogP contribution in [0.1, 0.15) is 6.92 Å². The maximum Gasteiger partial charge on any atom is 0.313 e. The Hall–Kier alpha value is -0.440. The van der Waals surface area contributed by atoms with Crippen molar-refractivity contribution in [2.45, 2.75) is 6.92 Å². The molecule has 0 aliphatic rings. The first-order valence-corrected chi connectivity index (χ1v) is 3.72. The summed E-state index contributed by atoms with van der Waals surface area (Å²) in [6.07, 6.45) is 0. The zero-order chi connectivity index (χ0) is 7.28. The summed E-state index contributed by atoms with van der Waals surface area (Å²) < 4.78 is 0. The summed E-state index contributed by atoms with van der Waals surface area (Å²) >= 11 is 1.37. The van der Waals surface area contributed by atoms with Crippen LogP contribution in [0.15, 0.2) is 12.2 Å². The van der Waals surface area contributed by atoms with Crippen LogP contribution in [0.5, 0.6) is 0 Å². The molecule has 1 N–H and O–H groups in total. The molecule has 0 saturated carbocycles. The smallest absolute Gasteiger partial charge is 0.313 e. The van der Waals surface area contributed by atoms with Crippen LogP contribution in [0.25, 0.3) is 0 Å². The maximum absolute atomic E-state index is 9.93. The van der Waals surface area contributed by atoms with Crippen LogP contribution >= 0.6 is 11.8 Å². The first kappa shape index (κ1) is 8.56. The van der Waals surface area contributed by atoms with E-state index in [0.717, 1.165) is 11.3 Å². The minimum atomic E-state index is -0.763. The first-order chi connectivity index (χ1) is 4.13. The fourth-order valence-corrected chi connectivity index (χ4v) is 0.938. The number of rotatable bonds is 4. The van der Waals surface area contributed by atoms with E-state index in [2.05, 4.69) is 6.58 Å². The highest BCUT2D eigenvalue weighted by atomic mass is 32.2. The molecule has 0 aliphatic carbocycles. The van der Waals surface area contributed by atoms with Crippen LogP contribution in [0, 0.1) is 0 Å². The Morgan fingerprint density at radius 1 is 1.67 bits per heavy atom. The summed E-state index contributed by atoms with van der Waals surface area (Å²) in [6.45, 7) is 5.52. The highest BCUT2D eigenvalue weighted by Crippen LogP contribution is 2.03. The molecule has 0 saturated heterocycles. The number of carboxylic acid groups (broad SMARTS) is 1. The Kier molecular flexibility index (Phi) is 4.22. The second-order valence-electron chi connectivity index (χ2n) is 1.84. The van der Waals surface area contributed by atoms with Gasteiger partial charge in [0.05, 0.1) is 5.75 Å². The van der Waals surface area contributed by atoms with Crippen LogP contribution in [0.4, 0.5) is 0 Å². The number of carbonyl (C=O) groups is 1. The summed E-state index contributed by atoms with van der Waals surface area (Å²) in [4.78, 5) is 9.93. The maximum atomic E-state index is 9.93. The zero-order valence-corrected chi connectivity index (χ0v) is 6.20. The lowest BCUT2D eigenvalue weighted by Crippen LogP contribution is -1.98. The van der Waals surface area contributed by atoms with Crippen molar-refractivity contribution in [1.82, 2.24) is 0 Å². The van der Waals surface area contributed by atoms with E-state index in [1.54, 1.807) is 0 Å². The van der Waals surface area contributed by atoms with E-state index in [-0.39, 0.29) is 5.75 Å². The fraction of sp³-hybridized carbons (Fsp3) is 0.500. The van der Waals surface area contributed by atoms with Crippen molar-refractivity contribution < 1.29 is 9.90 Å². The lowest BCUT2D eigenvalue weighted by molar-refractivity contribution is -0.133. The predicted molar refractivity (Wildman–Crippen MR) is 39.8 cm³/mol. The van der Waals surface area contributed by atoms with Crippen LogP contribution in [-0.4, -0.2) is 22.6 Å². The van der Waals surface area contributed by atoms with Crippen molar-refractivity contribution in [3.8, 4) is 0 Å². The third-order valence-corrected chi connectivity index (χ3v) is 1.72. The van der Waals surface area contributed by atoms with E-state index in [1.807, 2.05) is 6.92 Å². The van der Waals surface area contributed by atoms with Gasteiger partial charge in [0.15, 0.2) is 0 Å². The molecule has 0 amide bonds.